The Morgan fingerprint density at radius 3 is 1.43 bits per heavy atom. The first-order valence-electron chi connectivity index (χ1n) is 1.05. The quantitative estimate of drug-likeness (QED) is 0.434. The van der Waals surface area contributed by atoms with Crippen molar-refractivity contribution >= 4 is 28.6 Å². The Bertz CT molecular complexity index is 84.8. The van der Waals surface area contributed by atoms with Gasteiger partial charge in [-0.05, 0) is 22.5 Å². The van der Waals surface area contributed by atoms with E-state index in [1.165, 1.54) is 0 Å². The molecule has 0 aromatic heterocycles. The van der Waals surface area contributed by atoms with Crippen molar-refractivity contribution in [3.05, 3.63) is 0 Å². The summed E-state index contributed by atoms with van der Waals surface area (Å²) >= 11 is 8.81. The molecule has 0 aliphatic carbocycles. The lowest BCUT2D eigenvalue weighted by Crippen LogP contribution is -1.39. The molecule has 2 nitrogen and oxygen atoms in total. The van der Waals surface area contributed by atoms with Crippen LogP contribution in [0.2, 0.25) is 0 Å². The fourth-order valence-electron chi connectivity index (χ4n) is 0. The third-order valence-electron chi connectivity index (χ3n) is 0. The van der Waals surface area contributed by atoms with Crippen molar-refractivity contribution < 1.29 is 9.46 Å². The van der Waals surface area contributed by atoms with Gasteiger partial charge in [-0.3, -0.25) is 4.57 Å². The Morgan fingerprint density at radius 2 is 1.43 bits per heavy atom. The van der Waals surface area contributed by atoms with Crippen LogP contribution in [-0.4, -0.2) is 4.89 Å². The van der Waals surface area contributed by atoms with Crippen LogP contribution in [0.3, 0.4) is 0 Å². The van der Waals surface area contributed by atoms with E-state index >= 15 is 0 Å². The lowest BCUT2D eigenvalue weighted by molar-refractivity contribution is 0.512. The average Bonchev–Trinajstić information content (AvgIpc) is 1.36. The Balaban J connectivity index is 0. The summed E-state index contributed by atoms with van der Waals surface area (Å²) in [7, 11) is 0. The highest BCUT2D eigenvalue weighted by Crippen LogP contribution is 2.51. The average molecular weight is 161 g/mol. The molecule has 5 heteroatoms. The van der Waals surface area contributed by atoms with Crippen LogP contribution in [-0.2, 0) is 4.57 Å². The lowest BCUT2D eigenvalue weighted by Gasteiger charge is -1.77. The summed E-state index contributed by atoms with van der Waals surface area (Å²) in [6, 6.07) is 0. The van der Waals surface area contributed by atoms with Gasteiger partial charge >= 0.3 is 6.07 Å². The third kappa shape index (κ3) is 1090. The minimum atomic E-state index is -3.69. The minimum Gasteiger partial charge on any atom is -0.322 e. The van der Waals surface area contributed by atoms with E-state index in [-0.39, 0.29) is 0 Å². The summed E-state index contributed by atoms with van der Waals surface area (Å²) in [6.07, 6.45) is 4.31. The predicted molar refractivity (Wildman–Crippen MR) is 31.4 cm³/mol. The SMILES string of the molecule is C#C.O=P(O)(Cl)Cl. The summed E-state index contributed by atoms with van der Waals surface area (Å²) in [5.41, 5.74) is 0. The zero-order chi connectivity index (χ0) is 6.50. The molecule has 0 heterocycles. The van der Waals surface area contributed by atoms with Crippen molar-refractivity contribution in [1.82, 2.24) is 0 Å². The minimum absolute atomic E-state index is 3.69. The van der Waals surface area contributed by atoms with E-state index < -0.39 is 6.07 Å². The van der Waals surface area contributed by atoms with Crippen LogP contribution in [0.15, 0.2) is 0 Å². The Kier molecular flexibility index (Phi) is 6.63. The normalized spacial score (nSPS) is 8.71. The molecule has 0 bridgehead atoms. The molecule has 0 saturated heterocycles. The van der Waals surface area contributed by atoms with Gasteiger partial charge in [0.15, 0.2) is 0 Å². The third-order valence-corrected chi connectivity index (χ3v) is 0. The van der Waals surface area contributed by atoms with E-state index in [9.17, 15) is 4.57 Å². The van der Waals surface area contributed by atoms with E-state index in [0.717, 1.165) is 0 Å². The molecule has 1 N–H and O–H groups in total. The smallest absolute Gasteiger partial charge is 0.322 e. The maximum Gasteiger partial charge on any atom is 0.377 e. The van der Waals surface area contributed by atoms with Crippen LogP contribution < -0.4 is 0 Å². The molecular formula is C2H3Cl2O2P. The highest BCUT2D eigenvalue weighted by atomic mass is 35.9. The van der Waals surface area contributed by atoms with Crippen LogP contribution >= 0.6 is 28.6 Å². The van der Waals surface area contributed by atoms with Crippen molar-refractivity contribution in [3.63, 3.8) is 0 Å². The molecular weight excluding hydrogens is 158 g/mol. The molecule has 0 aromatic carbocycles. The van der Waals surface area contributed by atoms with Crippen LogP contribution in [0, 0.1) is 12.8 Å². The van der Waals surface area contributed by atoms with E-state index in [1.54, 1.807) is 0 Å². The first kappa shape index (κ1) is 10.3. The van der Waals surface area contributed by atoms with E-state index in [4.69, 9.17) is 4.89 Å². The first-order valence-corrected chi connectivity index (χ1v) is 4.52. The molecule has 0 amide bonds. The van der Waals surface area contributed by atoms with Gasteiger partial charge in [0.2, 0.25) is 0 Å². The second kappa shape index (κ2) is 4.49. The van der Waals surface area contributed by atoms with E-state index in [2.05, 4.69) is 35.3 Å². The van der Waals surface area contributed by atoms with Crippen molar-refractivity contribution in [3.8, 4) is 12.8 Å². The van der Waals surface area contributed by atoms with E-state index in [1.807, 2.05) is 0 Å². The molecule has 0 aliphatic rings. The zero-order valence-electron chi connectivity index (χ0n) is 3.21. The molecule has 0 saturated carbocycles. The highest BCUT2D eigenvalue weighted by Gasteiger charge is 2.02. The van der Waals surface area contributed by atoms with Gasteiger partial charge in [0.05, 0.1) is 0 Å². The highest BCUT2D eigenvalue weighted by molar-refractivity contribution is 8.04. The molecule has 0 rings (SSSR count). The summed E-state index contributed by atoms with van der Waals surface area (Å²) in [5.74, 6) is 0. The van der Waals surface area contributed by atoms with Gasteiger partial charge in [-0.2, -0.15) is 0 Å². The Labute approximate surface area is 51.5 Å². The van der Waals surface area contributed by atoms with Gasteiger partial charge in [0.25, 0.3) is 0 Å². The van der Waals surface area contributed by atoms with Gasteiger partial charge < -0.3 is 4.89 Å². The lowest BCUT2D eigenvalue weighted by atomic mass is 11.4. The molecule has 0 aliphatic heterocycles. The summed E-state index contributed by atoms with van der Waals surface area (Å²) in [6.45, 7) is 0. The number of terminal acetylenes is 1. The first-order chi connectivity index (χ1) is 3.00. The second-order valence-electron chi connectivity index (χ2n) is 0.435. The summed E-state index contributed by atoms with van der Waals surface area (Å²) < 4.78 is 9.30. The monoisotopic (exact) mass is 160 g/mol. The van der Waals surface area contributed by atoms with Crippen LogP contribution in [0.25, 0.3) is 0 Å². The molecule has 0 aromatic rings. The summed E-state index contributed by atoms with van der Waals surface area (Å²) in [4.78, 5) is 7.61. The van der Waals surface area contributed by atoms with E-state index in [0.29, 0.717) is 0 Å². The Hall–Kier alpha value is 0.330. The van der Waals surface area contributed by atoms with Crippen molar-refractivity contribution in [2.75, 3.05) is 0 Å². The van der Waals surface area contributed by atoms with Crippen LogP contribution in [0.4, 0.5) is 0 Å². The maximum atomic E-state index is 9.30. The molecule has 7 heavy (non-hydrogen) atoms. The van der Waals surface area contributed by atoms with Crippen LogP contribution in [0.1, 0.15) is 0 Å². The van der Waals surface area contributed by atoms with Crippen LogP contribution in [0.5, 0.6) is 0 Å². The van der Waals surface area contributed by atoms with Crippen molar-refractivity contribution in [1.29, 1.82) is 0 Å². The van der Waals surface area contributed by atoms with Gasteiger partial charge in [-0.1, -0.05) is 0 Å². The molecule has 0 radical (unpaired) electrons. The van der Waals surface area contributed by atoms with Gasteiger partial charge in [0, 0.05) is 0 Å². The number of hydrogen-bond acceptors (Lipinski definition) is 1. The molecule has 0 unspecified atom stereocenters. The zero-order valence-corrected chi connectivity index (χ0v) is 5.62. The number of hydrogen-bond donors (Lipinski definition) is 1. The number of rotatable bonds is 0. The second-order valence-corrected chi connectivity index (χ2v) is 4.57. The van der Waals surface area contributed by atoms with Gasteiger partial charge in [-0.25, -0.2) is 0 Å². The topological polar surface area (TPSA) is 37.3 Å². The molecule has 0 fully saturated rings. The van der Waals surface area contributed by atoms with Gasteiger partial charge in [-0.15, -0.1) is 12.8 Å². The predicted octanol–water partition coefficient (Wildman–Crippen LogP) is 1.81. The van der Waals surface area contributed by atoms with Crippen molar-refractivity contribution in [2.24, 2.45) is 0 Å². The fraction of sp³-hybridized carbons (Fsp3) is 0. The summed E-state index contributed by atoms with van der Waals surface area (Å²) in [5, 5.41) is 0. The molecule has 0 atom stereocenters. The van der Waals surface area contributed by atoms with Gasteiger partial charge in [0.1, 0.15) is 0 Å². The maximum absolute atomic E-state index is 9.30. The Morgan fingerprint density at radius 1 is 1.43 bits per heavy atom. The molecule has 42 valence electrons. The standard InChI is InChI=1S/C2H2.Cl2HO2P/c1-2;1-5(2,3)4/h1-2H;(H,3,4). The molecule has 0 spiro atoms. The fourth-order valence-corrected chi connectivity index (χ4v) is 0. The largest absolute Gasteiger partial charge is 0.377 e. The van der Waals surface area contributed by atoms with Crippen molar-refractivity contribution in [2.45, 2.75) is 0 Å². The number of halogens is 2.